The van der Waals surface area contributed by atoms with Gasteiger partial charge in [0, 0.05) is 17.6 Å². The summed E-state index contributed by atoms with van der Waals surface area (Å²) >= 11 is 6.24. The molecule has 1 aromatic carbocycles. The molecule has 0 bridgehead atoms. The average Bonchev–Trinajstić information content (AvgIpc) is 2.67. The van der Waals surface area contributed by atoms with E-state index < -0.39 is 12.7 Å². The summed E-state index contributed by atoms with van der Waals surface area (Å²) in [5.41, 5.74) is 1.45. The average molecular weight is 281 g/mol. The fraction of sp³-hybridized carbons (Fsp3) is 0.429. The molecule has 1 heterocycles. The summed E-state index contributed by atoms with van der Waals surface area (Å²) in [7, 11) is 1.20. The highest BCUT2D eigenvalue weighted by atomic mass is 35.5. The van der Waals surface area contributed by atoms with Crippen LogP contribution in [-0.2, 0) is 20.7 Å². The predicted molar refractivity (Wildman–Crippen MR) is 77.6 cm³/mol. The van der Waals surface area contributed by atoms with Crippen molar-refractivity contribution >= 4 is 24.2 Å². The molecular formula is C14H18BClO3. The molecule has 1 saturated heterocycles. The molecule has 3 nitrogen and oxygen atoms in total. The van der Waals surface area contributed by atoms with Gasteiger partial charge < -0.3 is 14.0 Å². The molecule has 0 radical (unpaired) electrons. The number of hydrogen-bond acceptors (Lipinski definition) is 3. The maximum atomic E-state index is 6.24. The lowest BCUT2D eigenvalue weighted by Crippen LogP contribution is -2.35. The molecule has 1 aromatic rings. The summed E-state index contributed by atoms with van der Waals surface area (Å²) in [5, 5.41) is 0.637. The van der Waals surface area contributed by atoms with Crippen molar-refractivity contribution in [1.82, 2.24) is 0 Å². The molecule has 0 amide bonds. The van der Waals surface area contributed by atoms with E-state index in [2.05, 4.69) is 0 Å². The molecule has 1 aliphatic rings. The number of methoxy groups -OCH3 is 1. The minimum Gasteiger partial charge on any atom is -0.533 e. The van der Waals surface area contributed by atoms with Crippen LogP contribution in [0.4, 0.5) is 0 Å². The van der Waals surface area contributed by atoms with Gasteiger partial charge in [-0.05, 0) is 38.5 Å². The molecule has 0 atom stereocenters. The Kier molecular flexibility index (Phi) is 4.24. The molecule has 0 unspecified atom stereocenters. The Morgan fingerprint density at radius 2 is 2.16 bits per heavy atom. The molecule has 0 N–H and O–H groups in total. The third-order valence-corrected chi connectivity index (χ3v) is 3.46. The maximum absolute atomic E-state index is 6.24. The molecule has 1 fully saturated rings. The van der Waals surface area contributed by atoms with Gasteiger partial charge in [-0.25, -0.2) is 0 Å². The van der Waals surface area contributed by atoms with Crippen molar-refractivity contribution in [3.8, 4) is 0 Å². The number of benzene rings is 1. The van der Waals surface area contributed by atoms with Crippen LogP contribution in [0.3, 0.4) is 0 Å². The summed E-state index contributed by atoms with van der Waals surface area (Å²) < 4.78 is 16.9. The minimum atomic E-state index is -0.467. The number of halogens is 1. The lowest BCUT2D eigenvalue weighted by atomic mass is 9.78. The second-order valence-corrected chi connectivity index (χ2v) is 5.43. The Balaban J connectivity index is 2.30. The minimum absolute atomic E-state index is 0.431. The SMILES string of the molecule is C/C=C1/OB(c2cc(COC)ccc2Cl)OC1(C)C. The van der Waals surface area contributed by atoms with Gasteiger partial charge in [0.25, 0.3) is 0 Å². The quantitative estimate of drug-likeness (QED) is 0.797. The molecule has 102 valence electrons. The van der Waals surface area contributed by atoms with Crippen LogP contribution in [0, 0.1) is 0 Å². The molecule has 5 heteroatoms. The largest absolute Gasteiger partial charge is 0.564 e. The van der Waals surface area contributed by atoms with E-state index in [1.165, 1.54) is 0 Å². The van der Waals surface area contributed by atoms with E-state index in [1.54, 1.807) is 7.11 Å². The lowest BCUT2D eigenvalue weighted by molar-refractivity contribution is 0.172. The van der Waals surface area contributed by atoms with Crippen molar-refractivity contribution in [3.63, 3.8) is 0 Å². The molecule has 0 spiro atoms. The number of allylic oxidation sites excluding steroid dienone is 1. The number of rotatable bonds is 3. The summed E-state index contributed by atoms with van der Waals surface area (Å²) in [4.78, 5) is 0. The molecule has 0 aromatic heterocycles. The van der Waals surface area contributed by atoms with Crippen LogP contribution in [0.1, 0.15) is 26.3 Å². The Bertz CT molecular complexity index is 499. The highest BCUT2D eigenvalue weighted by Gasteiger charge is 2.44. The summed E-state index contributed by atoms with van der Waals surface area (Å²) in [6.45, 7) is 6.44. The molecular weight excluding hydrogens is 262 g/mol. The molecule has 2 rings (SSSR count). The fourth-order valence-corrected chi connectivity index (χ4v) is 2.39. The van der Waals surface area contributed by atoms with Crippen LogP contribution in [0.15, 0.2) is 30.0 Å². The van der Waals surface area contributed by atoms with E-state index in [0.717, 1.165) is 16.8 Å². The molecule has 0 aliphatic carbocycles. The molecule has 19 heavy (non-hydrogen) atoms. The number of ether oxygens (including phenoxy) is 1. The van der Waals surface area contributed by atoms with Gasteiger partial charge in [-0.3, -0.25) is 0 Å². The van der Waals surface area contributed by atoms with Gasteiger partial charge in [-0.1, -0.05) is 23.7 Å². The zero-order valence-corrected chi connectivity index (χ0v) is 12.5. The van der Waals surface area contributed by atoms with Crippen LogP contribution in [0.25, 0.3) is 0 Å². The van der Waals surface area contributed by atoms with Gasteiger partial charge in [-0.2, -0.15) is 0 Å². The van der Waals surface area contributed by atoms with Gasteiger partial charge in [0.15, 0.2) is 0 Å². The van der Waals surface area contributed by atoms with Gasteiger partial charge in [0.05, 0.1) is 6.61 Å². The first-order valence-corrected chi connectivity index (χ1v) is 6.64. The topological polar surface area (TPSA) is 27.7 Å². The molecule has 0 saturated carbocycles. The van der Waals surface area contributed by atoms with E-state index in [9.17, 15) is 0 Å². The Morgan fingerprint density at radius 3 is 2.74 bits per heavy atom. The van der Waals surface area contributed by atoms with E-state index in [0.29, 0.717) is 11.6 Å². The fourth-order valence-electron chi connectivity index (χ4n) is 2.18. The van der Waals surface area contributed by atoms with Crippen molar-refractivity contribution in [1.29, 1.82) is 0 Å². The smallest absolute Gasteiger partial charge is 0.533 e. The van der Waals surface area contributed by atoms with Crippen molar-refractivity contribution in [2.75, 3.05) is 7.11 Å². The highest BCUT2D eigenvalue weighted by Crippen LogP contribution is 2.31. The van der Waals surface area contributed by atoms with Gasteiger partial charge in [0.2, 0.25) is 0 Å². The third kappa shape index (κ3) is 2.97. The zero-order valence-electron chi connectivity index (χ0n) is 11.7. The summed E-state index contributed by atoms with van der Waals surface area (Å²) in [6, 6.07) is 5.75. The molecule has 1 aliphatic heterocycles. The van der Waals surface area contributed by atoms with Crippen molar-refractivity contribution in [2.24, 2.45) is 0 Å². The van der Waals surface area contributed by atoms with E-state index in [1.807, 2.05) is 45.0 Å². The Labute approximate surface area is 119 Å². The summed E-state index contributed by atoms with van der Waals surface area (Å²) in [6.07, 6.45) is 1.92. The second kappa shape index (κ2) is 5.57. The predicted octanol–water partition coefficient (Wildman–Crippen LogP) is 2.91. The van der Waals surface area contributed by atoms with Crippen LogP contribution < -0.4 is 5.46 Å². The maximum Gasteiger partial charge on any atom is 0.564 e. The van der Waals surface area contributed by atoms with Crippen molar-refractivity contribution < 1.29 is 14.0 Å². The first-order valence-electron chi connectivity index (χ1n) is 6.26. The van der Waals surface area contributed by atoms with Crippen LogP contribution in [0.5, 0.6) is 0 Å². The monoisotopic (exact) mass is 280 g/mol. The van der Waals surface area contributed by atoms with Gasteiger partial charge in [-0.15, -0.1) is 0 Å². The number of hydrogen-bond donors (Lipinski definition) is 0. The second-order valence-electron chi connectivity index (χ2n) is 5.02. The first-order chi connectivity index (χ1) is 8.97. The standard InChI is InChI=1S/C14H18BClO3/c1-5-13-14(2,3)19-15(18-13)11-8-10(9-17-4)6-7-12(11)16/h5-8H,9H2,1-4H3/b13-5+. The van der Waals surface area contributed by atoms with Gasteiger partial charge >= 0.3 is 7.12 Å². The highest BCUT2D eigenvalue weighted by molar-refractivity contribution is 6.65. The zero-order chi connectivity index (χ0) is 14.0. The summed E-state index contributed by atoms with van der Waals surface area (Å²) in [5.74, 6) is 0.825. The first kappa shape index (κ1) is 14.4. The van der Waals surface area contributed by atoms with E-state index in [4.69, 9.17) is 25.6 Å². The lowest BCUT2D eigenvalue weighted by Gasteiger charge is -2.16. The van der Waals surface area contributed by atoms with Crippen LogP contribution >= 0.6 is 11.6 Å². The van der Waals surface area contributed by atoms with Crippen LogP contribution in [-0.4, -0.2) is 19.8 Å². The van der Waals surface area contributed by atoms with Crippen molar-refractivity contribution in [2.45, 2.75) is 33.0 Å². The normalized spacial score (nSPS) is 19.8. The van der Waals surface area contributed by atoms with Crippen molar-refractivity contribution in [3.05, 3.63) is 40.6 Å². The Hall–Kier alpha value is -0.965. The van der Waals surface area contributed by atoms with Crippen LogP contribution in [0.2, 0.25) is 5.02 Å². The van der Waals surface area contributed by atoms with E-state index >= 15 is 0 Å². The third-order valence-electron chi connectivity index (χ3n) is 3.12. The van der Waals surface area contributed by atoms with E-state index in [-0.39, 0.29) is 0 Å². The Morgan fingerprint density at radius 1 is 1.42 bits per heavy atom. The van der Waals surface area contributed by atoms with Gasteiger partial charge in [0.1, 0.15) is 11.4 Å².